The number of nitriles is 2. The molecule has 1 aliphatic carbocycles. The standard InChI is InChI=1S/C20H16BrN3O2S/c1-26-17-7-6-12(9-16(17)21)8-13(10-22)19(25)24-20-15(11-23)14-4-2-3-5-18(14)27-20/h6-9H,2-5H2,1H3,(H,24,25). The first-order valence-electron chi connectivity index (χ1n) is 8.38. The Morgan fingerprint density at radius 3 is 2.78 bits per heavy atom. The lowest BCUT2D eigenvalue weighted by atomic mass is 9.96. The minimum atomic E-state index is -0.514. The van der Waals surface area contributed by atoms with Gasteiger partial charge in [0, 0.05) is 4.88 Å². The summed E-state index contributed by atoms with van der Waals surface area (Å²) in [6.07, 6.45) is 5.47. The highest BCUT2D eigenvalue weighted by Crippen LogP contribution is 2.37. The summed E-state index contributed by atoms with van der Waals surface area (Å²) < 4.78 is 5.91. The second-order valence-electron chi connectivity index (χ2n) is 6.04. The quantitative estimate of drug-likeness (QED) is 0.544. The van der Waals surface area contributed by atoms with Crippen LogP contribution in [0.1, 0.15) is 34.4 Å². The number of carbonyl (C=O) groups is 1. The zero-order valence-electron chi connectivity index (χ0n) is 14.6. The van der Waals surface area contributed by atoms with Crippen LogP contribution in [0.4, 0.5) is 5.00 Å². The Bertz CT molecular complexity index is 1010. The van der Waals surface area contributed by atoms with Crippen molar-refractivity contribution in [3.8, 4) is 17.9 Å². The molecule has 136 valence electrons. The third-order valence-electron chi connectivity index (χ3n) is 4.36. The Kier molecular flexibility index (Phi) is 5.95. The van der Waals surface area contributed by atoms with E-state index in [1.807, 2.05) is 6.07 Å². The van der Waals surface area contributed by atoms with E-state index < -0.39 is 5.91 Å². The average Bonchev–Trinajstić information content (AvgIpc) is 3.02. The molecule has 0 atom stereocenters. The number of thiophene rings is 1. The number of hydrogen-bond donors (Lipinski definition) is 1. The van der Waals surface area contributed by atoms with Crippen molar-refractivity contribution in [2.45, 2.75) is 25.7 Å². The van der Waals surface area contributed by atoms with Gasteiger partial charge in [0.2, 0.25) is 0 Å². The minimum Gasteiger partial charge on any atom is -0.496 e. The molecule has 1 aliphatic rings. The topological polar surface area (TPSA) is 85.9 Å². The van der Waals surface area contributed by atoms with E-state index in [-0.39, 0.29) is 5.57 Å². The molecule has 1 amide bonds. The fourth-order valence-electron chi connectivity index (χ4n) is 3.03. The third kappa shape index (κ3) is 4.05. The monoisotopic (exact) mass is 441 g/mol. The van der Waals surface area contributed by atoms with Gasteiger partial charge in [0.25, 0.3) is 5.91 Å². The summed E-state index contributed by atoms with van der Waals surface area (Å²) in [5.41, 5.74) is 2.25. The molecule has 0 spiro atoms. The van der Waals surface area contributed by atoms with Gasteiger partial charge < -0.3 is 10.1 Å². The van der Waals surface area contributed by atoms with E-state index in [0.717, 1.165) is 40.6 Å². The summed E-state index contributed by atoms with van der Waals surface area (Å²) in [5.74, 6) is 0.150. The van der Waals surface area contributed by atoms with Gasteiger partial charge in [0.15, 0.2) is 0 Å². The second kappa shape index (κ2) is 8.39. The SMILES string of the molecule is COc1ccc(C=C(C#N)C(=O)Nc2sc3c(c2C#N)CCCC3)cc1Br. The highest BCUT2D eigenvalue weighted by atomic mass is 79.9. The number of benzene rings is 1. The molecule has 0 bridgehead atoms. The van der Waals surface area contributed by atoms with Crippen molar-refractivity contribution in [3.63, 3.8) is 0 Å². The van der Waals surface area contributed by atoms with Gasteiger partial charge in [-0.2, -0.15) is 10.5 Å². The van der Waals surface area contributed by atoms with Crippen molar-refractivity contribution in [2.75, 3.05) is 12.4 Å². The largest absolute Gasteiger partial charge is 0.496 e. The average molecular weight is 442 g/mol. The third-order valence-corrected chi connectivity index (χ3v) is 6.19. The molecule has 5 nitrogen and oxygen atoms in total. The number of nitrogens with one attached hydrogen (secondary N) is 1. The molecule has 1 N–H and O–H groups in total. The van der Waals surface area contributed by atoms with Crippen molar-refractivity contribution in [2.24, 2.45) is 0 Å². The van der Waals surface area contributed by atoms with Crippen LogP contribution in [0.3, 0.4) is 0 Å². The number of amides is 1. The summed E-state index contributed by atoms with van der Waals surface area (Å²) in [6, 6.07) is 9.44. The Morgan fingerprint density at radius 1 is 1.33 bits per heavy atom. The summed E-state index contributed by atoms with van der Waals surface area (Å²) in [7, 11) is 1.57. The number of ether oxygens (including phenoxy) is 1. The van der Waals surface area contributed by atoms with Crippen LogP contribution in [0.5, 0.6) is 5.75 Å². The van der Waals surface area contributed by atoms with Gasteiger partial charge in [-0.3, -0.25) is 4.79 Å². The lowest BCUT2D eigenvalue weighted by molar-refractivity contribution is -0.112. The first kappa shape index (κ1) is 19.2. The van der Waals surface area contributed by atoms with Gasteiger partial charge >= 0.3 is 0 Å². The first-order valence-corrected chi connectivity index (χ1v) is 9.99. The summed E-state index contributed by atoms with van der Waals surface area (Å²) in [6.45, 7) is 0. The van der Waals surface area contributed by atoms with E-state index in [2.05, 4.69) is 27.3 Å². The van der Waals surface area contributed by atoms with E-state index in [1.165, 1.54) is 17.4 Å². The fraction of sp³-hybridized carbons (Fsp3) is 0.250. The van der Waals surface area contributed by atoms with Crippen LogP contribution in [0.2, 0.25) is 0 Å². The lowest BCUT2D eigenvalue weighted by Gasteiger charge is -2.09. The molecule has 0 unspecified atom stereocenters. The summed E-state index contributed by atoms with van der Waals surface area (Å²) in [5, 5.41) is 22.2. The second-order valence-corrected chi connectivity index (χ2v) is 8.00. The minimum absolute atomic E-state index is 0.0256. The molecule has 7 heteroatoms. The number of rotatable bonds is 4. The maximum Gasteiger partial charge on any atom is 0.266 e. The van der Waals surface area contributed by atoms with Gasteiger partial charge in [-0.1, -0.05) is 6.07 Å². The van der Waals surface area contributed by atoms with Crippen LogP contribution >= 0.6 is 27.3 Å². The molecule has 0 saturated carbocycles. The maximum atomic E-state index is 12.6. The molecule has 0 aliphatic heterocycles. The Balaban J connectivity index is 1.86. The molecule has 0 saturated heterocycles. The predicted octanol–water partition coefficient (Wildman–Crippen LogP) is 4.82. The van der Waals surface area contributed by atoms with Crippen LogP contribution in [0, 0.1) is 22.7 Å². The van der Waals surface area contributed by atoms with Crippen molar-refractivity contribution >= 4 is 44.3 Å². The molecular formula is C20H16BrN3O2S. The number of methoxy groups -OCH3 is 1. The molecule has 3 rings (SSSR count). The van der Waals surface area contributed by atoms with E-state index >= 15 is 0 Å². The van der Waals surface area contributed by atoms with E-state index in [4.69, 9.17) is 4.74 Å². The van der Waals surface area contributed by atoms with Crippen LogP contribution < -0.4 is 10.1 Å². The Hall–Kier alpha value is -2.61. The number of aryl methyl sites for hydroxylation is 1. The number of nitrogens with zero attached hydrogens (tertiary/aromatic N) is 2. The smallest absolute Gasteiger partial charge is 0.266 e. The van der Waals surface area contributed by atoms with E-state index in [1.54, 1.807) is 25.3 Å². The number of fused-ring (bicyclic) bond motifs is 1. The van der Waals surface area contributed by atoms with Gasteiger partial charge in [-0.15, -0.1) is 11.3 Å². The molecule has 0 radical (unpaired) electrons. The lowest BCUT2D eigenvalue weighted by Crippen LogP contribution is -2.13. The zero-order valence-corrected chi connectivity index (χ0v) is 17.0. The number of hydrogen-bond acceptors (Lipinski definition) is 5. The Labute approximate surface area is 170 Å². The van der Waals surface area contributed by atoms with Crippen molar-refractivity contribution in [1.29, 1.82) is 10.5 Å². The molecule has 1 aromatic carbocycles. The van der Waals surface area contributed by atoms with E-state index in [0.29, 0.717) is 21.9 Å². The van der Waals surface area contributed by atoms with Crippen molar-refractivity contribution in [1.82, 2.24) is 0 Å². The van der Waals surface area contributed by atoms with Crippen LogP contribution in [0.25, 0.3) is 6.08 Å². The maximum absolute atomic E-state index is 12.6. The highest BCUT2D eigenvalue weighted by molar-refractivity contribution is 9.10. The zero-order chi connectivity index (χ0) is 19.4. The first-order chi connectivity index (χ1) is 13.1. The van der Waals surface area contributed by atoms with Gasteiger partial charge in [0.05, 0.1) is 17.1 Å². The van der Waals surface area contributed by atoms with Crippen LogP contribution in [-0.4, -0.2) is 13.0 Å². The fourth-order valence-corrected chi connectivity index (χ4v) is 4.82. The normalized spacial score (nSPS) is 13.3. The van der Waals surface area contributed by atoms with Gasteiger partial charge in [-0.25, -0.2) is 0 Å². The number of carbonyl (C=O) groups excluding carboxylic acids is 1. The molecule has 1 aromatic heterocycles. The number of anilines is 1. The molecule has 1 heterocycles. The summed E-state index contributed by atoms with van der Waals surface area (Å²) >= 11 is 4.83. The molecule has 0 fully saturated rings. The molecule has 2 aromatic rings. The van der Waals surface area contributed by atoms with E-state index in [9.17, 15) is 15.3 Å². The summed E-state index contributed by atoms with van der Waals surface area (Å²) in [4.78, 5) is 13.8. The highest BCUT2D eigenvalue weighted by Gasteiger charge is 2.22. The molecular weight excluding hydrogens is 426 g/mol. The van der Waals surface area contributed by atoms with Crippen LogP contribution in [0.15, 0.2) is 28.2 Å². The van der Waals surface area contributed by atoms with Crippen LogP contribution in [-0.2, 0) is 17.6 Å². The van der Waals surface area contributed by atoms with Gasteiger partial charge in [-0.05, 0) is 70.9 Å². The number of halogens is 1. The molecule has 27 heavy (non-hydrogen) atoms. The van der Waals surface area contributed by atoms with Gasteiger partial charge in [0.1, 0.15) is 28.5 Å². The van der Waals surface area contributed by atoms with Crippen molar-refractivity contribution < 1.29 is 9.53 Å². The van der Waals surface area contributed by atoms with Crippen molar-refractivity contribution in [3.05, 3.63) is 49.8 Å². The Morgan fingerprint density at radius 2 is 2.11 bits per heavy atom. The predicted molar refractivity (Wildman–Crippen MR) is 109 cm³/mol.